The van der Waals surface area contributed by atoms with E-state index in [1.807, 2.05) is 12.1 Å². The molecule has 0 amide bonds. The maximum Gasteiger partial charge on any atom is 0.213 e. The van der Waals surface area contributed by atoms with E-state index >= 15 is 0 Å². The summed E-state index contributed by atoms with van der Waals surface area (Å²) in [5.74, 6) is -2.09. The standard InChI is InChI=1S/C35H30N/c1-21-13-14-29-30(17-21)35-28-12-8-7-11-27(28)34(29)31-19-25(18-23(3)33(31)35)24-15-16-36(4)32(20-24)26-10-6-5-9-22(26)2/h5-20,34-35H,1-4H3/q+1/i34D,35D. The molecular weight excluding hydrogens is 434 g/mol. The van der Waals surface area contributed by atoms with Crippen molar-refractivity contribution in [3.8, 4) is 22.4 Å². The van der Waals surface area contributed by atoms with Gasteiger partial charge >= 0.3 is 0 Å². The number of pyridine rings is 1. The fourth-order valence-electron chi connectivity index (χ4n) is 6.21. The van der Waals surface area contributed by atoms with Crippen molar-refractivity contribution in [3.63, 3.8) is 0 Å². The third kappa shape index (κ3) is 2.99. The highest BCUT2D eigenvalue weighted by Crippen LogP contribution is 2.57. The molecule has 1 aromatic heterocycles. The van der Waals surface area contributed by atoms with Crippen LogP contribution in [-0.4, -0.2) is 0 Å². The van der Waals surface area contributed by atoms with Crippen molar-refractivity contribution in [2.45, 2.75) is 32.6 Å². The summed E-state index contributed by atoms with van der Waals surface area (Å²) in [6.07, 6.45) is 2.12. The van der Waals surface area contributed by atoms with Crippen molar-refractivity contribution in [1.82, 2.24) is 0 Å². The highest BCUT2D eigenvalue weighted by Gasteiger charge is 2.42. The topological polar surface area (TPSA) is 3.88 Å². The Bertz CT molecular complexity index is 1800. The first-order chi connectivity index (χ1) is 18.2. The molecule has 8 rings (SSSR count). The maximum absolute atomic E-state index is 10.1. The molecule has 1 heteroatoms. The molecule has 0 aliphatic heterocycles. The van der Waals surface area contributed by atoms with Crippen molar-refractivity contribution in [2.24, 2.45) is 7.05 Å². The Morgan fingerprint density at radius 1 is 0.611 bits per heavy atom. The second-order valence-electron chi connectivity index (χ2n) is 10.3. The van der Waals surface area contributed by atoms with Crippen LogP contribution in [0.3, 0.4) is 0 Å². The summed E-state index contributed by atoms with van der Waals surface area (Å²) >= 11 is 0. The lowest BCUT2D eigenvalue weighted by Crippen LogP contribution is -2.30. The van der Waals surface area contributed by atoms with Gasteiger partial charge in [0.05, 0.1) is 0 Å². The zero-order chi connectivity index (χ0) is 26.4. The lowest BCUT2D eigenvalue weighted by atomic mass is 9.60. The van der Waals surface area contributed by atoms with E-state index in [4.69, 9.17) is 0 Å². The molecule has 174 valence electrons. The molecule has 1 heterocycles. The molecule has 2 atom stereocenters. The van der Waals surface area contributed by atoms with Crippen LogP contribution < -0.4 is 4.57 Å². The molecule has 0 spiro atoms. The first-order valence-electron chi connectivity index (χ1n) is 13.7. The van der Waals surface area contributed by atoms with E-state index in [1.54, 1.807) is 0 Å². The number of hydrogen-bond donors (Lipinski definition) is 0. The molecule has 36 heavy (non-hydrogen) atoms. The van der Waals surface area contributed by atoms with E-state index < -0.39 is 11.8 Å². The van der Waals surface area contributed by atoms with Gasteiger partial charge in [0.15, 0.2) is 6.20 Å². The summed E-state index contributed by atoms with van der Waals surface area (Å²) in [7, 11) is 2.08. The molecular formula is C35H30N+. The van der Waals surface area contributed by atoms with Gasteiger partial charge in [0.25, 0.3) is 0 Å². The monoisotopic (exact) mass is 466 g/mol. The number of rotatable bonds is 2. The Balaban J connectivity index is 1.50. The van der Waals surface area contributed by atoms with Crippen LogP contribution in [-0.2, 0) is 7.05 Å². The van der Waals surface area contributed by atoms with Gasteiger partial charge < -0.3 is 0 Å². The van der Waals surface area contributed by atoms with E-state index in [9.17, 15) is 2.74 Å². The second-order valence-corrected chi connectivity index (χ2v) is 10.3. The van der Waals surface area contributed by atoms with E-state index in [2.05, 4.69) is 117 Å². The van der Waals surface area contributed by atoms with Crippen LogP contribution in [0.2, 0.25) is 0 Å². The van der Waals surface area contributed by atoms with E-state index in [0.717, 1.165) is 61.3 Å². The van der Waals surface area contributed by atoms with Gasteiger partial charge in [-0.15, -0.1) is 0 Å². The smallest absolute Gasteiger partial charge is 0.201 e. The summed E-state index contributed by atoms with van der Waals surface area (Å²) in [6, 6.07) is 31.7. The summed E-state index contributed by atoms with van der Waals surface area (Å²) in [6.45, 7) is 6.34. The molecule has 2 unspecified atom stereocenters. The quantitative estimate of drug-likeness (QED) is 0.234. The second kappa shape index (κ2) is 7.77. The summed E-state index contributed by atoms with van der Waals surface area (Å²) in [5.41, 5.74) is 13.6. The number of hydrogen-bond acceptors (Lipinski definition) is 0. The SMILES string of the molecule is [2H]C12c3ccccc3C([2H])(c3cc(C)ccc31)c1c(C)cc(-c3cc[n+](C)c(-c4ccccc4C)c3)cc12. The average molecular weight is 467 g/mol. The zero-order valence-corrected chi connectivity index (χ0v) is 21.2. The number of nitrogens with zero attached hydrogens (tertiary/aromatic N) is 1. The fraction of sp³-hybridized carbons (Fsp3) is 0.171. The molecule has 4 aromatic carbocycles. The predicted octanol–water partition coefficient (Wildman–Crippen LogP) is 7.76. The van der Waals surface area contributed by atoms with Crippen molar-refractivity contribution in [2.75, 3.05) is 0 Å². The number of aromatic nitrogens is 1. The Morgan fingerprint density at radius 3 is 2.14 bits per heavy atom. The minimum Gasteiger partial charge on any atom is -0.201 e. The van der Waals surface area contributed by atoms with Crippen LogP contribution in [0.1, 0.15) is 64.6 Å². The first-order valence-corrected chi connectivity index (χ1v) is 12.7. The van der Waals surface area contributed by atoms with Gasteiger partial charge in [-0.1, -0.05) is 72.3 Å². The molecule has 3 aliphatic carbocycles. The Kier molecular flexibility index (Phi) is 4.15. The molecule has 0 radical (unpaired) electrons. The maximum atomic E-state index is 10.1. The molecule has 1 nitrogen and oxygen atoms in total. The van der Waals surface area contributed by atoms with E-state index in [0.29, 0.717) is 0 Å². The van der Waals surface area contributed by atoms with Crippen molar-refractivity contribution in [1.29, 1.82) is 0 Å². The first kappa shape index (κ1) is 19.2. The van der Waals surface area contributed by atoms with Crippen molar-refractivity contribution < 1.29 is 7.31 Å². The van der Waals surface area contributed by atoms with Crippen LogP contribution in [0.4, 0.5) is 0 Å². The van der Waals surface area contributed by atoms with Crippen LogP contribution in [0, 0.1) is 20.8 Å². The minimum atomic E-state index is -1.06. The Morgan fingerprint density at radius 2 is 1.33 bits per heavy atom. The molecule has 5 aromatic rings. The van der Waals surface area contributed by atoms with Gasteiger partial charge in [-0.05, 0) is 88.5 Å². The van der Waals surface area contributed by atoms with Gasteiger partial charge in [-0.2, -0.15) is 0 Å². The molecule has 3 aliphatic rings. The molecule has 0 N–H and O–H groups in total. The highest BCUT2D eigenvalue weighted by atomic mass is 14.9. The lowest BCUT2D eigenvalue weighted by Gasteiger charge is -2.43. The fourth-order valence-corrected chi connectivity index (χ4v) is 6.21. The van der Waals surface area contributed by atoms with Gasteiger partial charge in [-0.25, -0.2) is 4.57 Å². The lowest BCUT2D eigenvalue weighted by molar-refractivity contribution is -0.660. The third-order valence-corrected chi connectivity index (χ3v) is 7.94. The molecule has 0 saturated heterocycles. The van der Waals surface area contributed by atoms with E-state index in [-0.39, 0.29) is 0 Å². The van der Waals surface area contributed by atoms with Crippen LogP contribution in [0.5, 0.6) is 0 Å². The van der Waals surface area contributed by atoms with Crippen molar-refractivity contribution in [3.05, 3.63) is 147 Å². The molecule has 0 saturated carbocycles. The Hall–Kier alpha value is -3.97. The largest absolute Gasteiger partial charge is 0.213 e. The minimum absolute atomic E-state index is 0.926. The van der Waals surface area contributed by atoms with Crippen LogP contribution >= 0.6 is 0 Å². The third-order valence-electron chi connectivity index (χ3n) is 7.94. The normalized spacial score (nSPS) is 21.8. The predicted molar refractivity (Wildman–Crippen MR) is 147 cm³/mol. The highest BCUT2D eigenvalue weighted by molar-refractivity contribution is 5.76. The van der Waals surface area contributed by atoms with Crippen LogP contribution in [0.15, 0.2) is 97.2 Å². The van der Waals surface area contributed by atoms with Gasteiger partial charge in [0, 0.05) is 32.2 Å². The zero-order valence-electron chi connectivity index (χ0n) is 23.2. The average Bonchev–Trinajstić information content (AvgIpc) is 2.91. The van der Waals surface area contributed by atoms with Crippen molar-refractivity contribution >= 4 is 0 Å². The number of benzene rings is 4. The summed E-state index contributed by atoms with van der Waals surface area (Å²) in [5, 5.41) is 0. The van der Waals surface area contributed by atoms with E-state index in [1.165, 1.54) is 11.1 Å². The summed E-state index contributed by atoms with van der Waals surface area (Å²) in [4.78, 5) is 0. The van der Waals surface area contributed by atoms with Crippen LogP contribution in [0.25, 0.3) is 22.4 Å². The van der Waals surface area contributed by atoms with Gasteiger partial charge in [0.2, 0.25) is 5.69 Å². The van der Waals surface area contributed by atoms with Gasteiger partial charge in [-0.3, -0.25) is 0 Å². The summed E-state index contributed by atoms with van der Waals surface area (Å²) < 4.78 is 22.3. The Labute approximate surface area is 216 Å². The number of aryl methyl sites for hydroxylation is 4. The molecule has 2 bridgehead atoms. The van der Waals surface area contributed by atoms with Gasteiger partial charge in [0.1, 0.15) is 7.05 Å². The molecule has 0 fully saturated rings.